The maximum absolute atomic E-state index is 11.9. The fourth-order valence-electron chi connectivity index (χ4n) is 2.17. The number of carboxylic acids is 1. The summed E-state index contributed by atoms with van der Waals surface area (Å²) in [5.41, 5.74) is 0.949. The minimum Gasteiger partial charge on any atom is -0.480 e. The molecule has 1 saturated heterocycles. The van der Waals surface area contributed by atoms with Gasteiger partial charge >= 0.3 is 12.0 Å². The number of urea groups is 1. The first-order valence-corrected chi connectivity index (χ1v) is 7.21. The van der Waals surface area contributed by atoms with Crippen LogP contribution in [0.25, 0.3) is 0 Å². The molecule has 0 aliphatic carbocycles. The fraction of sp³-hybridized carbons (Fsp3) is 0.583. The van der Waals surface area contributed by atoms with E-state index in [0.717, 1.165) is 10.7 Å². The molecule has 2 rings (SSSR count). The molecule has 2 heterocycles. The molecule has 8 heteroatoms. The number of aliphatic hydroxyl groups is 1. The second-order valence-corrected chi connectivity index (χ2v) is 5.70. The lowest BCUT2D eigenvalue weighted by atomic mass is 10.2. The molecule has 1 aliphatic rings. The largest absolute Gasteiger partial charge is 0.480 e. The number of nitrogens with zero attached hydrogens (tertiary/aromatic N) is 2. The molecule has 3 N–H and O–H groups in total. The van der Waals surface area contributed by atoms with E-state index in [-0.39, 0.29) is 13.0 Å². The van der Waals surface area contributed by atoms with Crippen LogP contribution in [-0.2, 0) is 11.2 Å². The van der Waals surface area contributed by atoms with Gasteiger partial charge in [-0.05, 0) is 6.92 Å². The van der Waals surface area contributed by atoms with Crippen LogP contribution in [0.2, 0.25) is 0 Å². The smallest absolute Gasteiger partial charge is 0.326 e. The Balaban J connectivity index is 1.83. The van der Waals surface area contributed by atoms with Crippen molar-refractivity contribution >= 4 is 23.3 Å². The zero-order valence-electron chi connectivity index (χ0n) is 11.1. The van der Waals surface area contributed by atoms with Gasteiger partial charge in [0, 0.05) is 37.0 Å². The Labute approximate surface area is 120 Å². The number of aliphatic carboxylic acids is 1. The first kappa shape index (κ1) is 14.7. The summed E-state index contributed by atoms with van der Waals surface area (Å²) in [6.07, 6.45) is -0.0873. The Hall–Kier alpha value is -1.67. The van der Waals surface area contributed by atoms with Gasteiger partial charge in [0.05, 0.1) is 11.1 Å². The van der Waals surface area contributed by atoms with E-state index in [9.17, 15) is 14.7 Å². The zero-order chi connectivity index (χ0) is 14.7. The van der Waals surface area contributed by atoms with Crippen molar-refractivity contribution in [1.82, 2.24) is 15.2 Å². The van der Waals surface area contributed by atoms with Crippen LogP contribution in [0.3, 0.4) is 0 Å². The van der Waals surface area contributed by atoms with Crippen LogP contribution in [0.5, 0.6) is 0 Å². The minimum absolute atomic E-state index is 0.0547. The predicted octanol–water partition coefficient (Wildman–Crippen LogP) is 0.223. The van der Waals surface area contributed by atoms with E-state index in [1.807, 2.05) is 12.3 Å². The van der Waals surface area contributed by atoms with Gasteiger partial charge in [0.1, 0.15) is 6.04 Å². The molecule has 110 valence electrons. The highest BCUT2D eigenvalue weighted by Gasteiger charge is 2.38. The quantitative estimate of drug-likeness (QED) is 0.738. The Morgan fingerprint density at radius 2 is 2.35 bits per heavy atom. The van der Waals surface area contributed by atoms with Gasteiger partial charge in [-0.15, -0.1) is 11.3 Å². The number of thiazole rings is 1. The van der Waals surface area contributed by atoms with Gasteiger partial charge in [0.15, 0.2) is 0 Å². The third kappa shape index (κ3) is 3.45. The highest BCUT2D eigenvalue weighted by Crippen LogP contribution is 2.18. The van der Waals surface area contributed by atoms with Gasteiger partial charge in [-0.2, -0.15) is 0 Å². The lowest BCUT2D eigenvalue weighted by Gasteiger charge is -2.21. The van der Waals surface area contributed by atoms with Gasteiger partial charge in [0.2, 0.25) is 0 Å². The van der Waals surface area contributed by atoms with Crippen molar-refractivity contribution in [3.8, 4) is 0 Å². The molecule has 7 nitrogen and oxygen atoms in total. The number of β-amino-alcohol motifs (C(OH)–C–C–N with tert-alkyl or cyclic N) is 1. The fourth-order valence-corrected chi connectivity index (χ4v) is 2.94. The van der Waals surface area contributed by atoms with Gasteiger partial charge in [-0.1, -0.05) is 0 Å². The lowest BCUT2D eigenvalue weighted by molar-refractivity contribution is -0.141. The summed E-state index contributed by atoms with van der Waals surface area (Å²) in [7, 11) is 0. The minimum atomic E-state index is -1.09. The van der Waals surface area contributed by atoms with Crippen LogP contribution >= 0.6 is 11.3 Å². The molecule has 1 fully saturated rings. The number of aliphatic hydroxyl groups excluding tert-OH is 1. The average Bonchev–Trinajstić information content (AvgIpc) is 2.95. The highest BCUT2D eigenvalue weighted by atomic mass is 32.1. The van der Waals surface area contributed by atoms with Crippen molar-refractivity contribution in [1.29, 1.82) is 0 Å². The number of rotatable bonds is 4. The van der Waals surface area contributed by atoms with Crippen LogP contribution in [0.4, 0.5) is 4.79 Å². The van der Waals surface area contributed by atoms with Gasteiger partial charge < -0.3 is 20.4 Å². The monoisotopic (exact) mass is 299 g/mol. The highest BCUT2D eigenvalue weighted by molar-refractivity contribution is 7.09. The van der Waals surface area contributed by atoms with Crippen molar-refractivity contribution in [3.05, 3.63) is 16.1 Å². The summed E-state index contributed by atoms with van der Waals surface area (Å²) in [6.45, 7) is 2.35. The molecule has 2 amide bonds. The number of likely N-dealkylation sites (tertiary alicyclic amines) is 1. The van der Waals surface area contributed by atoms with E-state index in [0.29, 0.717) is 13.0 Å². The summed E-state index contributed by atoms with van der Waals surface area (Å²) >= 11 is 1.53. The third-order valence-electron chi connectivity index (χ3n) is 3.11. The van der Waals surface area contributed by atoms with Gasteiger partial charge in [0.25, 0.3) is 0 Å². The molecule has 2 atom stereocenters. The summed E-state index contributed by atoms with van der Waals surface area (Å²) in [4.78, 5) is 28.4. The van der Waals surface area contributed by atoms with Gasteiger partial charge in [-0.25, -0.2) is 14.6 Å². The summed E-state index contributed by atoms with van der Waals surface area (Å²) < 4.78 is 0. The SMILES string of the molecule is Cc1csc(CCNC(=O)N2CC(O)CC2C(=O)O)n1. The third-order valence-corrected chi connectivity index (χ3v) is 4.13. The Bertz CT molecular complexity index is 505. The van der Waals surface area contributed by atoms with Crippen molar-refractivity contribution in [3.63, 3.8) is 0 Å². The van der Waals surface area contributed by atoms with E-state index < -0.39 is 24.1 Å². The first-order valence-electron chi connectivity index (χ1n) is 6.33. The van der Waals surface area contributed by atoms with Gasteiger partial charge in [-0.3, -0.25) is 0 Å². The summed E-state index contributed by atoms with van der Waals surface area (Å²) in [6, 6.07) is -1.41. The Morgan fingerprint density at radius 3 is 2.95 bits per heavy atom. The number of hydrogen-bond acceptors (Lipinski definition) is 5. The molecule has 0 bridgehead atoms. The number of carbonyl (C=O) groups excluding carboxylic acids is 1. The van der Waals surface area contributed by atoms with E-state index >= 15 is 0 Å². The molecule has 20 heavy (non-hydrogen) atoms. The molecule has 0 radical (unpaired) electrons. The number of hydrogen-bond donors (Lipinski definition) is 3. The normalized spacial score (nSPS) is 22.0. The van der Waals surface area contributed by atoms with Crippen molar-refractivity contribution in [2.75, 3.05) is 13.1 Å². The Morgan fingerprint density at radius 1 is 1.60 bits per heavy atom. The summed E-state index contributed by atoms with van der Waals surface area (Å²) in [5, 5.41) is 24.0. The second kappa shape index (κ2) is 6.19. The topological polar surface area (TPSA) is 103 Å². The number of carboxylic acid groups (broad SMARTS) is 1. The van der Waals surface area contributed by atoms with E-state index in [1.54, 1.807) is 0 Å². The second-order valence-electron chi connectivity index (χ2n) is 4.76. The summed E-state index contributed by atoms with van der Waals surface area (Å²) in [5.74, 6) is -1.09. The van der Waals surface area contributed by atoms with Crippen LogP contribution < -0.4 is 5.32 Å². The predicted molar refractivity (Wildman–Crippen MR) is 72.7 cm³/mol. The van der Waals surface area contributed by atoms with E-state index in [2.05, 4.69) is 10.3 Å². The number of amides is 2. The molecular formula is C12H17N3O4S. The van der Waals surface area contributed by atoms with E-state index in [4.69, 9.17) is 5.11 Å². The maximum atomic E-state index is 11.9. The van der Waals surface area contributed by atoms with E-state index in [1.165, 1.54) is 16.2 Å². The van der Waals surface area contributed by atoms with Crippen LogP contribution in [0, 0.1) is 6.92 Å². The van der Waals surface area contributed by atoms with Crippen LogP contribution in [-0.4, -0.2) is 57.3 Å². The van der Waals surface area contributed by atoms with Crippen LogP contribution in [0.15, 0.2) is 5.38 Å². The molecule has 1 aromatic rings. The first-order chi connectivity index (χ1) is 9.47. The number of carbonyl (C=O) groups is 2. The zero-order valence-corrected chi connectivity index (χ0v) is 11.9. The molecule has 0 saturated carbocycles. The number of aromatic nitrogens is 1. The molecule has 1 aliphatic heterocycles. The molecule has 0 spiro atoms. The standard InChI is InChI=1S/C12H17N3O4S/c1-7-6-20-10(14-7)2-3-13-12(19)15-5-8(16)4-9(15)11(17)18/h6,8-9,16H,2-5H2,1H3,(H,13,19)(H,17,18). The van der Waals surface area contributed by atoms with Crippen molar-refractivity contribution < 1.29 is 19.8 Å². The average molecular weight is 299 g/mol. The number of nitrogens with one attached hydrogen (secondary N) is 1. The van der Waals surface area contributed by atoms with Crippen LogP contribution in [0.1, 0.15) is 17.1 Å². The molecule has 2 unspecified atom stereocenters. The lowest BCUT2D eigenvalue weighted by Crippen LogP contribution is -2.46. The van der Waals surface area contributed by atoms with Crippen molar-refractivity contribution in [2.45, 2.75) is 31.9 Å². The Kier molecular flexibility index (Phi) is 4.56. The maximum Gasteiger partial charge on any atom is 0.326 e. The molecule has 0 aromatic carbocycles. The van der Waals surface area contributed by atoms with Crippen molar-refractivity contribution in [2.24, 2.45) is 0 Å². The number of aryl methyl sites for hydroxylation is 1. The molecular weight excluding hydrogens is 282 g/mol. The molecule has 1 aromatic heterocycles.